The third-order valence-electron chi connectivity index (χ3n) is 4.15. The molecule has 1 aliphatic heterocycles. The summed E-state index contributed by atoms with van der Waals surface area (Å²) < 4.78 is 32.0. The van der Waals surface area contributed by atoms with Crippen LogP contribution in [0.25, 0.3) is 10.9 Å². The Morgan fingerprint density at radius 3 is 2.75 bits per heavy atom. The van der Waals surface area contributed by atoms with Gasteiger partial charge in [-0.1, -0.05) is 0 Å². The minimum absolute atomic E-state index is 0.0774. The Hall–Kier alpha value is -1.82. The second-order valence-corrected chi connectivity index (χ2v) is 6.35. The number of piperidine rings is 1. The second-order valence-electron chi connectivity index (χ2n) is 5.97. The van der Waals surface area contributed by atoms with Crippen molar-refractivity contribution in [2.75, 3.05) is 25.6 Å². The Morgan fingerprint density at radius 1 is 1.29 bits per heavy atom. The molecule has 24 heavy (non-hydrogen) atoms. The van der Waals surface area contributed by atoms with Crippen LogP contribution in [0.3, 0.4) is 0 Å². The zero-order valence-electron chi connectivity index (χ0n) is 13.2. The van der Waals surface area contributed by atoms with Gasteiger partial charge in [-0.25, -0.2) is 8.78 Å². The van der Waals surface area contributed by atoms with Crippen LogP contribution in [0.2, 0.25) is 0 Å². The van der Waals surface area contributed by atoms with Crippen LogP contribution >= 0.6 is 11.6 Å². The van der Waals surface area contributed by atoms with Crippen LogP contribution in [0.15, 0.2) is 24.3 Å². The molecule has 1 amide bonds. The van der Waals surface area contributed by atoms with Gasteiger partial charge in [-0.2, -0.15) is 0 Å². The van der Waals surface area contributed by atoms with Crippen molar-refractivity contribution >= 4 is 28.4 Å². The summed E-state index contributed by atoms with van der Waals surface area (Å²) >= 11 is 5.62. The van der Waals surface area contributed by atoms with E-state index in [-0.39, 0.29) is 31.8 Å². The molecule has 0 atom stereocenters. The number of rotatable bonds is 5. The molecule has 7 heteroatoms. The third-order valence-corrected chi connectivity index (χ3v) is 4.42. The predicted octanol–water partition coefficient (Wildman–Crippen LogP) is 4.05. The fourth-order valence-corrected chi connectivity index (χ4v) is 2.88. The summed E-state index contributed by atoms with van der Waals surface area (Å²) in [5.41, 5.74) is 1.22. The number of halogens is 3. The van der Waals surface area contributed by atoms with Gasteiger partial charge >= 0.3 is 0 Å². The lowest BCUT2D eigenvalue weighted by Gasteiger charge is -2.31. The molecule has 1 fully saturated rings. The molecule has 0 aliphatic carbocycles. The molecule has 1 saturated heterocycles. The van der Waals surface area contributed by atoms with E-state index in [2.05, 4.69) is 4.98 Å². The molecular formula is C17H19ClF2N2O2. The van der Waals surface area contributed by atoms with Gasteiger partial charge in [-0.15, -0.1) is 11.6 Å². The van der Waals surface area contributed by atoms with E-state index in [9.17, 15) is 13.6 Å². The maximum Gasteiger partial charge on any atom is 0.270 e. The summed E-state index contributed by atoms with van der Waals surface area (Å²) in [7, 11) is 0. The van der Waals surface area contributed by atoms with Gasteiger partial charge in [0, 0.05) is 42.7 Å². The zero-order chi connectivity index (χ0) is 17.2. The van der Waals surface area contributed by atoms with Crippen molar-refractivity contribution in [2.24, 2.45) is 0 Å². The summed E-state index contributed by atoms with van der Waals surface area (Å²) in [5.74, 6) is -1.65. The second kappa shape index (κ2) is 6.97. The quantitative estimate of drug-likeness (QED) is 0.649. The Bertz CT molecular complexity index is 722. The summed E-state index contributed by atoms with van der Waals surface area (Å²) in [5, 5.41) is 0.851. The molecule has 1 aromatic carbocycles. The fraction of sp³-hybridized carbons (Fsp3) is 0.471. The molecule has 1 aromatic heterocycles. The number of aromatic amines is 1. The first kappa shape index (κ1) is 17.0. The number of H-pyrrole nitrogens is 1. The Labute approximate surface area is 143 Å². The van der Waals surface area contributed by atoms with Crippen LogP contribution < -0.4 is 4.74 Å². The molecule has 0 unspecified atom stereocenters. The number of nitrogens with zero attached hydrogens (tertiary/aromatic N) is 1. The highest BCUT2D eigenvalue weighted by Gasteiger charge is 2.36. The van der Waals surface area contributed by atoms with Crippen LogP contribution in [-0.2, 0) is 0 Å². The molecule has 2 aromatic rings. The maximum absolute atomic E-state index is 13.2. The average molecular weight is 357 g/mol. The number of hydrogen-bond acceptors (Lipinski definition) is 2. The minimum Gasteiger partial charge on any atom is -0.494 e. The molecule has 0 spiro atoms. The van der Waals surface area contributed by atoms with E-state index in [1.165, 1.54) is 4.90 Å². The number of carbonyl (C=O) groups excluding carboxylic acids is 1. The largest absolute Gasteiger partial charge is 0.494 e. The monoisotopic (exact) mass is 356 g/mol. The van der Waals surface area contributed by atoms with Gasteiger partial charge in [0.1, 0.15) is 11.4 Å². The van der Waals surface area contributed by atoms with Crippen molar-refractivity contribution in [3.05, 3.63) is 30.0 Å². The molecule has 0 bridgehead atoms. The molecular weight excluding hydrogens is 338 g/mol. The molecule has 1 N–H and O–H groups in total. The highest BCUT2D eigenvalue weighted by atomic mass is 35.5. The van der Waals surface area contributed by atoms with Gasteiger partial charge < -0.3 is 14.6 Å². The van der Waals surface area contributed by atoms with Crippen molar-refractivity contribution in [2.45, 2.75) is 25.2 Å². The fourth-order valence-electron chi connectivity index (χ4n) is 2.77. The summed E-state index contributed by atoms with van der Waals surface area (Å²) in [6.45, 7) is 0.690. The van der Waals surface area contributed by atoms with Crippen molar-refractivity contribution < 1.29 is 18.3 Å². The van der Waals surface area contributed by atoms with E-state index < -0.39 is 5.92 Å². The molecule has 3 rings (SSSR count). The highest BCUT2D eigenvalue weighted by Crippen LogP contribution is 2.29. The Morgan fingerprint density at radius 2 is 2.04 bits per heavy atom. The number of fused-ring (bicyclic) bond motifs is 1. The van der Waals surface area contributed by atoms with Gasteiger partial charge in [0.25, 0.3) is 11.8 Å². The van der Waals surface area contributed by atoms with Crippen LogP contribution in [0.1, 0.15) is 29.8 Å². The molecule has 0 radical (unpaired) electrons. The van der Waals surface area contributed by atoms with E-state index in [1.54, 1.807) is 6.07 Å². The predicted molar refractivity (Wildman–Crippen MR) is 89.2 cm³/mol. The van der Waals surface area contributed by atoms with Crippen molar-refractivity contribution in [1.29, 1.82) is 0 Å². The average Bonchev–Trinajstić information content (AvgIpc) is 2.98. The van der Waals surface area contributed by atoms with E-state index >= 15 is 0 Å². The Kier molecular flexibility index (Phi) is 4.94. The number of aromatic nitrogens is 1. The van der Waals surface area contributed by atoms with Crippen molar-refractivity contribution in [1.82, 2.24) is 9.88 Å². The van der Waals surface area contributed by atoms with Gasteiger partial charge in [0.05, 0.1) is 6.61 Å². The normalized spacial score (nSPS) is 17.2. The first-order valence-electron chi connectivity index (χ1n) is 7.97. The number of amides is 1. The maximum atomic E-state index is 13.2. The molecule has 130 valence electrons. The molecule has 2 heterocycles. The van der Waals surface area contributed by atoms with Crippen LogP contribution in [0.4, 0.5) is 8.78 Å². The smallest absolute Gasteiger partial charge is 0.270 e. The first-order valence-corrected chi connectivity index (χ1v) is 8.51. The number of alkyl halides is 3. The lowest BCUT2D eigenvalue weighted by molar-refractivity contribution is -0.0495. The van der Waals surface area contributed by atoms with Crippen LogP contribution in [0, 0.1) is 0 Å². The Balaban J connectivity index is 1.72. The number of likely N-dealkylation sites (tertiary alicyclic amines) is 1. The lowest BCUT2D eigenvalue weighted by atomic mass is 10.1. The van der Waals surface area contributed by atoms with E-state index in [0.29, 0.717) is 23.9 Å². The summed E-state index contributed by atoms with van der Waals surface area (Å²) in [6.07, 6.45) is 0.200. The first-order chi connectivity index (χ1) is 11.5. The molecule has 1 aliphatic rings. The van der Waals surface area contributed by atoms with E-state index in [1.807, 2.05) is 18.2 Å². The van der Waals surface area contributed by atoms with Crippen LogP contribution in [-0.4, -0.2) is 47.3 Å². The summed E-state index contributed by atoms with van der Waals surface area (Å²) in [4.78, 5) is 17.0. The van der Waals surface area contributed by atoms with Gasteiger partial charge in [-0.3, -0.25) is 4.79 Å². The number of carbonyl (C=O) groups is 1. The minimum atomic E-state index is -2.66. The standard InChI is InChI=1S/C17H19ClF2N2O2/c18-6-1-9-24-13-2-3-14-12(10-13)11-15(21-14)16(23)22-7-4-17(19,20)5-8-22/h2-3,10-11,21H,1,4-9H2. The van der Waals surface area contributed by atoms with Gasteiger partial charge in [0.15, 0.2) is 0 Å². The zero-order valence-corrected chi connectivity index (χ0v) is 13.9. The SMILES string of the molecule is O=C(c1cc2cc(OCCCCl)ccc2[nH]1)N1CCC(F)(F)CC1. The van der Waals surface area contributed by atoms with E-state index in [0.717, 1.165) is 17.3 Å². The van der Waals surface area contributed by atoms with E-state index in [4.69, 9.17) is 16.3 Å². The number of hydrogen-bond donors (Lipinski definition) is 1. The lowest BCUT2D eigenvalue weighted by Crippen LogP contribution is -2.42. The van der Waals surface area contributed by atoms with Gasteiger partial charge in [0.2, 0.25) is 0 Å². The molecule has 0 saturated carbocycles. The highest BCUT2D eigenvalue weighted by molar-refractivity contribution is 6.17. The van der Waals surface area contributed by atoms with Crippen molar-refractivity contribution in [3.63, 3.8) is 0 Å². The number of nitrogens with one attached hydrogen (secondary N) is 1. The van der Waals surface area contributed by atoms with Crippen molar-refractivity contribution in [3.8, 4) is 5.75 Å². The number of ether oxygens (including phenoxy) is 1. The third kappa shape index (κ3) is 3.80. The molecule has 4 nitrogen and oxygen atoms in total. The number of benzene rings is 1. The summed E-state index contributed by atoms with van der Waals surface area (Å²) in [6, 6.07) is 7.25. The van der Waals surface area contributed by atoms with Gasteiger partial charge in [-0.05, 0) is 30.7 Å². The topological polar surface area (TPSA) is 45.3 Å². The van der Waals surface area contributed by atoms with Crippen LogP contribution in [0.5, 0.6) is 5.75 Å².